The molecule has 0 spiro atoms. The number of alkyl halides is 3. The molecule has 0 aliphatic carbocycles. The minimum Gasteiger partial charge on any atom is -0.286 e. The van der Waals surface area contributed by atoms with Crippen molar-refractivity contribution in [2.75, 3.05) is 5.75 Å². The molecule has 1 heterocycles. The van der Waals surface area contributed by atoms with Gasteiger partial charge in [-0.3, -0.25) is 4.55 Å². The number of nitrogens with zero attached hydrogens (tertiary/aromatic N) is 1. The predicted octanol–water partition coefficient (Wildman–Crippen LogP) is 2.55. The average molecular weight is 348 g/mol. The first-order chi connectivity index (χ1) is 7.96. The van der Waals surface area contributed by atoms with E-state index in [1.54, 1.807) is 0 Å². The Balaban J connectivity index is 3.39. The van der Waals surface area contributed by atoms with E-state index in [1.807, 2.05) is 0 Å². The molecule has 1 aromatic heterocycles. The molecule has 1 aromatic rings. The van der Waals surface area contributed by atoms with Crippen molar-refractivity contribution in [3.63, 3.8) is 0 Å². The van der Waals surface area contributed by atoms with Gasteiger partial charge in [-0.2, -0.15) is 21.6 Å². The van der Waals surface area contributed by atoms with Crippen LogP contribution in [0.4, 0.5) is 13.2 Å². The molecule has 0 aliphatic rings. The summed E-state index contributed by atoms with van der Waals surface area (Å²) in [7, 11) is -4.80. The number of aromatic nitrogens is 1. The molecule has 0 aliphatic heterocycles. The molecular weight excluding hydrogens is 339 g/mol. The quantitative estimate of drug-likeness (QED) is 0.674. The Morgan fingerprint density at radius 1 is 1.39 bits per heavy atom. The molecule has 0 bridgehead atoms. The van der Waals surface area contributed by atoms with Crippen molar-refractivity contribution >= 4 is 26.0 Å². The maximum Gasteiger partial charge on any atom is 0.400 e. The van der Waals surface area contributed by atoms with Crippen LogP contribution >= 0.6 is 15.9 Å². The number of rotatable bonds is 3. The number of hydrogen-bond acceptors (Lipinski definition) is 3. The van der Waals surface area contributed by atoms with Crippen molar-refractivity contribution in [3.05, 3.63) is 28.5 Å². The Hall–Kier alpha value is -0.670. The molecule has 18 heavy (non-hydrogen) atoms. The van der Waals surface area contributed by atoms with Gasteiger partial charge in [-0.15, -0.1) is 0 Å². The molecule has 0 amide bonds. The lowest BCUT2D eigenvalue weighted by atomic mass is 9.88. The smallest absolute Gasteiger partial charge is 0.286 e. The SMILES string of the molecule is CC(CS(=O)(=O)O)(c1cccc(Br)n1)C(F)(F)F. The zero-order valence-corrected chi connectivity index (χ0v) is 11.5. The minimum atomic E-state index is -4.86. The molecule has 0 fully saturated rings. The molecule has 102 valence electrons. The van der Waals surface area contributed by atoms with E-state index in [1.165, 1.54) is 12.1 Å². The normalized spacial score (nSPS) is 16.3. The second-order valence-electron chi connectivity index (χ2n) is 3.90. The minimum absolute atomic E-state index is 0.144. The zero-order chi connectivity index (χ0) is 14.2. The third kappa shape index (κ3) is 3.42. The standard InChI is InChI=1S/C9H9BrF3NO3S/c1-8(9(11,12)13,5-18(15,16)17)6-3-2-4-7(10)14-6/h2-4H,5H2,1H3,(H,15,16,17). The monoisotopic (exact) mass is 347 g/mol. The Morgan fingerprint density at radius 3 is 2.33 bits per heavy atom. The lowest BCUT2D eigenvalue weighted by Crippen LogP contribution is -2.45. The molecule has 0 radical (unpaired) electrons. The molecule has 0 saturated heterocycles. The van der Waals surface area contributed by atoms with E-state index in [9.17, 15) is 21.6 Å². The maximum atomic E-state index is 13.0. The third-order valence-electron chi connectivity index (χ3n) is 2.38. The topological polar surface area (TPSA) is 67.3 Å². The van der Waals surface area contributed by atoms with Gasteiger partial charge in [-0.25, -0.2) is 4.98 Å². The summed E-state index contributed by atoms with van der Waals surface area (Å²) in [5, 5.41) is 0. The molecule has 1 atom stereocenters. The van der Waals surface area contributed by atoms with Gasteiger partial charge >= 0.3 is 6.18 Å². The van der Waals surface area contributed by atoms with E-state index in [0.29, 0.717) is 6.92 Å². The van der Waals surface area contributed by atoms with Gasteiger partial charge in [-0.05, 0) is 35.0 Å². The van der Waals surface area contributed by atoms with E-state index in [0.717, 1.165) is 6.07 Å². The van der Waals surface area contributed by atoms with Crippen LogP contribution in [0.3, 0.4) is 0 Å². The van der Waals surface area contributed by atoms with Crippen LogP contribution in [0.2, 0.25) is 0 Å². The fraction of sp³-hybridized carbons (Fsp3) is 0.444. The highest BCUT2D eigenvalue weighted by Crippen LogP contribution is 2.41. The lowest BCUT2D eigenvalue weighted by Gasteiger charge is -2.30. The molecule has 9 heteroatoms. The molecule has 0 saturated carbocycles. The second kappa shape index (κ2) is 4.78. The summed E-state index contributed by atoms with van der Waals surface area (Å²) in [6.07, 6.45) is -4.86. The maximum absolute atomic E-state index is 13.0. The Kier molecular flexibility index (Phi) is 4.09. The highest BCUT2D eigenvalue weighted by Gasteiger charge is 2.55. The highest BCUT2D eigenvalue weighted by atomic mass is 79.9. The molecular formula is C9H9BrF3NO3S. The van der Waals surface area contributed by atoms with Crippen LogP contribution in [0, 0.1) is 0 Å². The number of hydrogen-bond donors (Lipinski definition) is 1. The summed E-state index contributed by atoms with van der Waals surface area (Å²) in [5.74, 6) is -1.48. The first kappa shape index (κ1) is 15.4. The van der Waals surface area contributed by atoms with Crippen molar-refractivity contribution in [3.8, 4) is 0 Å². The van der Waals surface area contributed by atoms with Crippen molar-refractivity contribution in [2.45, 2.75) is 18.5 Å². The van der Waals surface area contributed by atoms with E-state index in [2.05, 4.69) is 20.9 Å². The third-order valence-corrected chi connectivity index (χ3v) is 3.76. The number of halogens is 4. The number of pyridine rings is 1. The van der Waals surface area contributed by atoms with Crippen LogP contribution in [0.15, 0.2) is 22.8 Å². The summed E-state index contributed by atoms with van der Waals surface area (Å²) in [6.45, 7) is 0.676. The first-order valence-electron chi connectivity index (χ1n) is 4.61. The van der Waals surface area contributed by atoms with Crippen LogP contribution in [0.1, 0.15) is 12.6 Å². The van der Waals surface area contributed by atoms with Gasteiger partial charge in [0.2, 0.25) is 0 Å². The lowest BCUT2D eigenvalue weighted by molar-refractivity contribution is -0.180. The fourth-order valence-electron chi connectivity index (χ4n) is 1.38. The summed E-state index contributed by atoms with van der Waals surface area (Å²) in [5.41, 5.74) is -3.26. The van der Waals surface area contributed by atoms with Gasteiger partial charge in [0.15, 0.2) is 0 Å². The second-order valence-corrected chi connectivity index (χ2v) is 6.17. The predicted molar refractivity (Wildman–Crippen MR) is 61.8 cm³/mol. The van der Waals surface area contributed by atoms with Crippen molar-refractivity contribution in [1.29, 1.82) is 0 Å². The molecule has 1 rings (SSSR count). The van der Waals surface area contributed by atoms with Gasteiger partial charge in [0.1, 0.15) is 10.0 Å². The van der Waals surface area contributed by atoms with Crippen LogP contribution in [-0.2, 0) is 15.5 Å². The Bertz CT molecular complexity index is 546. The van der Waals surface area contributed by atoms with Crippen molar-refractivity contribution < 1.29 is 26.1 Å². The summed E-state index contributed by atoms with van der Waals surface area (Å²) >= 11 is 2.91. The van der Waals surface area contributed by atoms with E-state index < -0.39 is 33.2 Å². The van der Waals surface area contributed by atoms with Crippen LogP contribution < -0.4 is 0 Å². The molecule has 0 aromatic carbocycles. The van der Waals surface area contributed by atoms with Crippen LogP contribution in [0.5, 0.6) is 0 Å². The summed E-state index contributed by atoms with van der Waals surface area (Å²) in [4.78, 5) is 3.62. The van der Waals surface area contributed by atoms with Crippen molar-refractivity contribution in [1.82, 2.24) is 4.98 Å². The molecule has 4 nitrogen and oxygen atoms in total. The van der Waals surface area contributed by atoms with Crippen molar-refractivity contribution in [2.24, 2.45) is 0 Å². The Morgan fingerprint density at radius 2 is 1.94 bits per heavy atom. The average Bonchev–Trinajstić information content (AvgIpc) is 2.13. The van der Waals surface area contributed by atoms with Gasteiger partial charge in [-0.1, -0.05) is 6.07 Å². The highest BCUT2D eigenvalue weighted by molar-refractivity contribution is 9.10. The van der Waals surface area contributed by atoms with E-state index in [4.69, 9.17) is 4.55 Å². The zero-order valence-electron chi connectivity index (χ0n) is 9.07. The molecule has 1 unspecified atom stereocenters. The van der Waals surface area contributed by atoms with Gasteiger partial charge in [0.25, 0.3) is 10.1 Å². The van der Waals surface area contributed by atoms with Gasteiger partial charge in [0.05, 0.1) is 11.4 Å². The summed E-state index contributed by atoms with van der Waals surface area (Å²) in [6, 6.07) is 3.78. The van der Waals surface area contributed by atoms with E-state index in [-0.39, 0.29) is 4.60 Å². The van der Waals surface area contributed by atoms with Gasteiger partial charge < -0.3 is 0 Å². The molecule has 1 N–H and O–H groups in total. The van der Waals surface area contributed by atoms with Gasteiger partial charge in [0, 0.05) is 0 Å². The van der Waals surface area contributed by atoms with Crippen LogP contribution in [-0.4, -0.2) is 29.9 Å². The summed E-state index contributed by atoms with van der Waals surface area (Å²) < 4.78 is 69.4. The first-order valence-corrected chi connectivity index (χ1v) is 7.01. The van der Waals surface area contributed by atoms with Crippen LogP contribution in [0.25, 0.3) is 0 Å². The fourth-order valence-corrected chi connectivity index (χ4v) is 2.77. The largest absolute Gasteiger partial charge is 0.400 e. The Labute approximate surface area is 110 Å². The van der Waals surface area contributed by atoms with E-state index >= 15 is 0 Å².